The Balaban J connectivity index is 1.67. The van der Waals surface area contributed by atoms with Gasteiger partial charge in [-0.05, 0) is 45.2 Å². The van der Waals surface area contributed by atoms with Crippen molar-refractivity contribution in [1.82, 2.24) is 13.9 Å². The third-order valence-electron chi connectivity index (χ3n) is 5.30. The molecule has 7 heteroatoms. The van der Waals surface area contributed by atoms with Gasteiger partial charge in [0.05, 0.1) is 0 Å². The van der Waals surface area contributed by atoms with Gasteiger partial charge in [0, 0.05) is 37.9 Å². The Morgan fingerprint density at radius 3 is 2.88 bits per heavy atom. The zero-order valence-electron chi connectivity index (χ0n) is 15.5. The minimum Gasteiger partial charge on any atom is -0.486 e. The van der Waals surface area contributed by atoms with Crippen LogP contribution < -0.4 is 4.74 Å². The van der Waals surface area contributed by atoms with E-state index in [0.717, 1.165) is 30.7 Å². The van der Waals surface area contributed by atoms with Crippen molar-refractivity contribution < 1.29 is 13.2 Å². The molecular formula is C19H25N3O3S. The number of aromatic nitrogens is 2. The number of fused-ring (bicyclic) bond motifs is 1. The van der Waals surface area contributed by atoms with Crippen LogP contribution in [0.4, 0.5) is 0 Å². The van der Waals surface area contributed by atoms with Crippen molar-refractivity contribution in [2.24, 2.45) is 0 Å². The van der Waals surface area contributed by atoms with E-state index in [9.17, 15) is 8.42 Å². The molecule has 0 aliphatic carbocycles. The lowest BCUT2D eigenvalue weighted by Crippen LogP contribution is -2.38. The molecule has 0 bridgehead atoms. The quantitative estimate of drug-likeness (QED) is 0.824. The van der Waals surface area contributed by atoms with Crippen molar-refractivity contribution in [3.8, 4) is 5.75 Å². The minimum atomic E-state index is -3.60. The first-order chi connectivity index (χ1) is 12.3. The van der Waals surface area contributed by atoms with Gasteiger partial charge in [-0.25, -0.2) is 13.4 Å². The number of sulfonamides is 1. The van der Waals surface area contributed by atoms with E-state index < -0.39 is 10.0 Å². The summed E-state index contributed by atoms with van der Waals surface area (Å²) < 4.78 is 36.6. The molecule has 1 fully saturated rings. The second-order valence-electron chi connectivity index (χ2n) is 7.82. The predicted molar refractivity (Wildman–Crippen MR) is 98.7 cm³/mol. The van der Waals surface area contributed by atoms with Crippen molar-refractivity contribution in [1.29, 1.82) is 0 Å². The first-order valence-corrected chi connectivity index (χ1v) is 10.5. The van der Waals surface area contributed by atoms with Crippen molar-refractivity contribution in [3.05, 3.63) is 42.0 Å². The summed E-state index contributed by atoms with van der Waals surface area (Å²) >= 11 is 0. The second kappa shape index (κ2) is 6.09. The molecule has 140 valence electrons. The van der Waals surface area contributed by atoms with E-state index in [4.69, 9.17) is 4.74 Å². The molecule has 6 nitrogen and oxygen atoms in total. The van der Waals surface area contributed by atoms with E-state index in [2.05, 4.69) is 4.98 Å². The molecule has 2 aromatic rings. The first-order valence-electron chi connectivity index (χ1n) is 9.08. The number of nitrogens with zero attached hydrogens (tertiary/aromatic N) is 3. The van der Waals surface area contributed by atoms with E-state index in [0.29, 0.717) is 23.7 Å². The average Bonchev–Trinajstić information content (AvgIpc) is 3.25. The number of benzene rings is 1. The number of rotatable bonds is 4. The number of ether oxygens (including phenoxy) is 1. The van der Waals surface area contributed by atoms with Crippen molar-refractivity contribution >= 4 is 10.0 Å². The molecule has 4 rings (SSSR count). The van der Waals surface area contributed by atoms with E-state index >= 15 is 0 Å². The Hall–Kier alpha value is -1.86. The zero-order chi connectivity index (χ0) is 18.5. The minimum absolute atomic E-state index is 0.0573. The highest BCUT2D eigenvalue weighted by Crippen LogP contribution is 2.41. The first kappa shape index (κ1) is 17.5. The highest BCUT2D eigenvalue weighted by atomic mass is 32.2. The molecule has 0 spiro atoms. The van der Waals surface area contributed by atoms with Crippen LogP contribution in [0.3, 0.4) is 0 Å². The molecule has 2 aliphatic heterocycles. The summed E-state index contributed by atoms with van der Waals surface area (Å²) in [7, 11) is -3.60. The van der Waals surface area contributed by atoms with Crippen LogP contribution in [0.2, 0.25) is 0 Å². The van der Waals surface area contributed by atoms with Gasteiger partial charge >= 0.3 is 0 Å². The Labute approximate surface area is 154 Å². The molecule has 0 amide bonds. The highest BCUT2D eigenvalue weighted by molar-refractivity contribution is 7.89. The van der Waals surface area contributed by atoms with Crippen molar-refractivity contribution in [3.63, 3.8) is 0 Å². The summed E-state index contributed by atoms with van der Waals surface area (Å²) in [4.78, 5) is 4.54. The Morgan fingerprint density at radius 1 is 1.35 bits per heavy atom. The lowest BCUT2D eigenvalue weighted by Gasteiger charge is -2.26. The molecule has 2 aliphatic rings. The van der Waals surface area contributed by atoms with Gasteiger partial charge in [0.25, 0.3) is 0 Å². The number of hydrogen-bond donors (Lipinski definition) is 0. The molecule has 0 saturated carbocycles. The second-order valence-corrected chi connectivity index (χ2v) is 9.68. The summed E-state index contributed by atoms with van der Waals surface area (Å²) in [6, 6.07) is 5.40. The normalized spacial score (nSPS) is 22.3. The highest BCUT2D eigenvalue weighted by Gasteiger charge is 2.40. The average molecular weight is 375 g/mol. The van der Waals surface area contributed by atoms with Crippen LogP contribution in [0.1, 0.15) is 38.1 Å². The summed E-state index contributed by atoms with van der Waals surface area (Å²) in [5.74, 6) is 1.43. The fourth-order valence-electron chi connectivity index (χ4n) is 4.05. The zero-order valence-corrected chi connectivity index (χ0v) is 16.3. The van der Waals surface area contributed by atoms with Gasteiger partial charge < -0.3 is 9.30 Å². The molecule has 3 heterocycles. The third-order valence-corrected chi connectivity index (χ3v) is 7.27. The molecule has 1 atom stereocenters. The Kier molecular flexibility index (Phi) is 4.11. The van der Waals surface area contributed by atoms with Gasteiger partial charge in [-0.3, -0.25) is 0 Å². The standard InChI is InChI=1S/C19H25N3O3S/c1-14-20-9-11-21(14)13-16-7-5-10-22(16)26(23,24)17-8-4-6-15-12-19(2,3)25-18(15)17/h4,6,8-9,11,16H,5,7,10,12-13H2,1-3H3/t16-/m1/s1. The number of aryl methyl sites for hydroxylation is 1. The number of para-hydroxylation sites is 1. The van der Waals surface area contributed by atoms with Gasteiger partial charge in [0.1, 0.15) is 22.1 Å². The Morgan fingerprint density at radius 2 is 2.15 bits per heavy atom. The van der Waals surface area contributed by atoms with Gasteiger partial charge in [-0.1, -0.05) is 12.1 Å². The SMILES string of the molecule is Cc1nccn1C[C@H]1CCCN1S(=O)(=O)c1cccc2c1OC(C)(C)C2. The molecular weight excluding hydrogens is 350 g/mol. The van der Waals surface area contributed by atoms with E-state index in [-0.39, 0.29) is 11.6 Å². The van der Waals surface area contributed by atoms with Gasteiger partial charge in [0.2, 0.25) is 10.0 Å². The van der Waals surface area contributed by atoms with Crippen LogP contribution in [0.25, 0.3) is 0 Å². The van der Waals surface area contributed by atoms with Gasteiger partial charge in [-0.15, -0.1) is 0 Å². The molecule has 0 N–H and O–H groups in total. The summed E-state index contributed by atoms with van der Waals surface area (Å²) in [5.41, 5.74) is 0.601. The van der Waals surface area contributed by atoms with Crippen LogP contribution in [0, 0.1) is 6.92 Å². The van der Waals surface area contributed by atoms with Crippen LogP contribution >= 0.6 is 0 Å². The number of hydrogen-bond acceptors (Lipinski definition) is 4. The smallest absolute Gasteiger partial charge is 0.247 e. The summed E-state index contributed by atoms with van der Waals surface area (Å²) in [6.45, 7) is 7.10. The maximum absolute atomic E-state index is 13.5. The van der Waals surface area contributed by atoms with E-state index in [1.165, 1.54) is 0 Å². The topological polar surface area (TPSA) is 64.4 Å². The van der Waals surface area contributed by atoms with E-state index in [1.54, 1.807) is 16.6 Å². The molecule has 1 saturated heterocycles. The fraction of sp³-hybridized carbons (Fsp3) is 0.526. The third kappa shape index (κ3) is 2.93. The predicted octanol–water partition coefficient (Wildman–Crippen LogP) is 2.76. The van der Waals surface area contributed by atoms with Crippen LogP contribution in [-0.2, 0) is 23.0 Å². The van der Waals surface area contributed by atoms with Crippen molar-refractivity contribution in [2.45, 2.75) is 63.1 Å². The lowest BCUT2D eigenvalue weighted by molar-refractivity contribution is 0.134. The molecule has 0 radical (unpaired) electrons. The number of imidazole rings is 1. The van der Waals surface area contributed by atoms with Crippen LogP contribution in [-0.4, -0.2) is 40.5 Å². The fourth-order valence-corrected chi connectivity index (χ4v) is 5.89. The van der Waals surface area contributed by atoms with Crippen LogP contribution in [0.5, 0.6) is 5.75 Å². The molecule has 1 aromatic carbocycles. The van der Waals surface area contributed by atoms with E-state index in [1.807, 2.05) is 43.7 Å². The van der Waals surface area contributed by atoms with Gasteiger partial charge in [0.15, 0.2) is 0 Å². The summed E-state index contributed by atoms with van der Waals surface area (Å²) in [6.07, 6.45) is 6.12. The van der Waals surface area contributed by atoms with Crippen molar-refractivity contribution in [2.75, 3.05) is 6.54 Å². The molecule has 1 aromatic heterocycles. The molecule has 0 unspecified atom stereocenters. The maximum Gasteiger partial charge on any atom is 0.247 e. The largest absolute Gasteiger partial charge is 0.486 e. The lowest BCUT2D eigenvalue weighted by atomic mass is 10.0. The molecule has 26 heavy (non-hydrogen) atoms. The van der Waals surface area contributed by atoms with Gasteiger partial charge in [-0.2, -0.15) is 4.31 Å². The monoisotopic (exact) mass is 375 g/mol. The van der Waals surface area contributed by atoms with Crippen LogP contribution in [0.15, 0.2) is 35.5 Å². The Bertz CT molecular complexity index is 933. The summed E-state index contributed by atoms with van der Waals surface area (Å²) in [5, 5.41) is 0. The maximum atomic E-state index is 13.5.